The number of anilines is 1. The average molecular weight is 284 g/mol. The van der Waals surface area contributed by atoms with Crippen molar-refractivity contribution in [2.75, 3.05) is 12.4 Å². The number of methoxy groups -OCH3 is 1. The zero-order valence-electron chi connectivity index (χ0n) is 10.1. The lowest BCUT2D eigenvalue weighted by molar-refractivity contribution is 0.0589. The molecule has 2 rings (SSSR count). The molecule has 2 aromatic heterocycles. The molecule has 1 amide bonds. The van der Waals surface area contributed by atoms with Crippen LogP contribution in [0.3, 0.4) is 0 Å². The van der Waals surface area contributed by atoms with Crippen LogP contribution in [0.15, 0.2) is 12.4 Å². The Bertz CT molecular complexity index is 633. The van der Waals surface area contributed by atoms with Crippen LogP contribution >= 0.6 is 11.6 Å². The zero-order chi connectivity index (χ0) is 14.0. The number of rotatable bonds is 3. The monoisotopic (exact) mass is 283 g/mol. The molecule has 2 aromatic rings. The fraction of sp³-hybridized carbons (Fsp3) is 0.200. The molecule has 0 unspecified atom stereocenters. The molecule has 0 aromatic carbocycles. The molecule has 0 saturated heterocycles. The van der Waals surface area contributed by atoms with Crippen LogP contribution in [0.4, 0.5) is 5.69 Å². The summed E-state index contributed by atoms with van der Waals surface area (Å²) in [4.78, 5) is 23.5. The minimum Gasteiger partial charge on any atom is -0.464 e. The van der Waals surface area contributed by atoms with Gasteiger partial charge in [0, 0.05) is 7.05 Å². The van der Waals surface area contributed by atoms with E-state index in [4.69, 9.17) is 11.6 Å². The first kappa shape index (κ1) is 13.1. The van der Waals surface area contributed by atoms with Crippen molar-refractivity contribution < 1.29 is 14.3 Å². The summed E-state index contributed by atoms with van der Waals surface area (Å²) in [6.07, 6.45) is 2.65. The second-order valence-corrected chi connectivity index (χ2v) is 3.98. The van der Waals surface area contributed by atoms with E-state index in [9.17, 15) is 9.59 Å². The first-order chi connectivity index (χ1) is 9.04. The van der Waals surface area contributed by atoms with Crippen LogP contribution < -0.4 is 5.32 Å². The van der Waals surface area contributed by atoms with E-state index >= 15 is 0 Å². The Morgan fingerprint density at radius 1 is 1.47 bits per heavy atom. The van der Waals surface area contributed by atoms with Crippen LogP contribution in [0.5, 0.6) is 0 Å². The van der Waals surface area contributed by atoms with Crippen LogP contribution in [-0.2, 0) is 11.8 Å². The van der Waals surface area contributed by atoms with Crippen LogP contribution in [0.25, 0.3) is 0 Å². The largest absolute Gasteiger partial charge is 0.464 e. The van der Waals surface area contributed by atoms with Gasteiger partial charge < -0.3 is 10.1 Å². The smallest absolute Gasteiger partial charge is 0.358 e. The second-order valence-electron chi connectivity index (χ2n) is 3.57. The normalized spacial score (nSPS) is 10.3. The zero-order valence-corrected chi connectivity index (χ0v) is 10.9. The molecule has 2 N–H and O–H groups in total. The fourth-order valence-electron chi connectivity index (χ4n) is 1.48. The highest BCUT2D eigenvalue weighted by atomic mass is 35.5. The maximum absolute atomic E-state index is 11.9. The van der Waals surface area contributed by atoms with Gasteiger partial charge in [0.2, 0.25) is 0 Å². The van der Waals surface area contributed by atoms with Crippen LogP contribution in [0.2, 0.25) is 5.02 Å². The summed E-state index contributed by atoms with van der Waals surface area (Å²) in [5.41, 5.74) is 0.456. The number of aryl methyl sites for hydroxylation is 1. The van der Waals surface area contributed by atoms with Crippen LogP contribution in [0.1, 0.15) is 21.0 Å². The average Bonchev–Trinajstić information content (AvgIpc) is 2.95. The Labute approximate surface area is 112 Å². The van der Waals surface area contributed by atoms with E-state index in [0.29, 0.717) is 0 Å². The molecule has 0 atom stereocenters. The number of aromatic nitrogens is 4. The third-order valence-corrected chi connectivity index (χ3v) is 2.67. The Kier molecular flexibility index (Phi) is 3.52. The number of carbonyl (C=O) groups excluding carboxylic acids is 2. The highest BCUT2D eigenvalue weighted by Crippen LogP contribution is 2.18. The molecule has 0 saturated carbocycles. The summed E-state index contributed by atoms with van der Waals surface area (Å²) < 4.78 is 5.92. The summed E-state index contributed by atoms with van der Waals surface area (Å²) in [5.74, 6) is -1.13. The summed E-state index contributed by atoms with van der Waals surface area (Å²) in [5, 5.41) is 12.7. The molecule has 0 aliphatic heterocycles. The van der Waals surface area contributed by atoms with E-state index in [-0.39, 0.29) is 22.1 Å². The van der Waals surface area contributed by atoms with Gasteiger partial charge >= 0.3 is 5.97 Å². The molecule has 0 radical (unpaired) electrons. The molecule has 0 aliphatic rings. The Morgan fingerprint density at radius 3 is 2.79 bits per heavy atom. The standard InChI is InChI=1S/C10H10ClN5O3/c1-16-8(10(18)19-2)6(4-13-16)14-9(17)7-5(11)3-12-15-7/h3-4H,1-2H3,(H,12,15)(H,14,17). The molecule has 9 heteroatoms. The van der Waals surface area contributed by atoms with E-state index < -0.39 is 11.9 Å². The van der Waals surface area contributed by atoms with Crippen molar-refractivity contribution in [3.05, 3.63) is 28.8 Å². The van der Waals surface area contributed by atoms with Crippen molar-refractivity contribution in [1.29, 1.82) is 0 Å². The van der Waals surface area contributed by atoms with Crippen molar-refractivity contribution >= 4 is 29.2 Å². The summed E-state index contributed by atoms with van der Waals surface area (Å²) in [6.45, 7) is 0. The second kappa shape index (κ2) is 5.11. The molecule has 8 nitrogen and oxygen atoms in total. The summed E-state index contributed by atoms with van der Waals surface area (Å²) in [7, 11) is 2.80. The first-order valence-corrected chi connectivity index (χ1v) is 5.53. The SMILES string of the molecule is COC(=O)c1c(NC(=O)c2[nH]ncc2Cl)cnn1C. The first-order valence-electron chi connectivity index (χ1n) is 5.15. The Hall–Kier alpha value is -2.35. The topological polar surface area (TPSA) is 102 Å². The number of hydrogen-bond acceptors (Lipinski definition) is 5. The quantitative estimate of drug-likeness (QED) is 0.813. The van der Waals surface area contributed by atoms with E-state index in [1.54, 1.807) is 7.05 Å². The maximum Gasteiger partial charge on any atom is 0.358 e. The molecule has 19 heavy (non-hydrogen) atoms. The number of aromatic amines is 1. The van der Waals surface area contributed by atoms with E-state index in [1.165, 1.54) is 24.2 Å². The molecule has 0 aliphatic carbocycles. The molecular weight excluding hydrogens is 274 g/mol. The number of esters is 1. The molecule has 0 fully saturated rings. The predicted octanol–water partition coefficient (Wildman–Crippen LogP) is 0.835. The van der Waals surface area contributed by atoms with E-state index in [1.807, 2.05) is 0 Å². The van der Waals surface area contributed by atoms with Crippen molar-refractivity contribution in [2.24, 2.45) is 7.05 Å². The number of carbonyl (C=O) groups is 2. The van der Waals surface area contributed by atoms with Gasteiger partial charge in [0.15, 0.2) is 5.69 Å². The van der Waals surface area contributed by atoms with E-state index in [2.05, 4.69) is 25.3 Å². The van der Waals surface area contributed by atoms with Gasteiger partial charge in [-0.25, -0.2) is 4.79 Å². The lowest BCUT2D eigenvalue weighted by atomic mass is 10.3. The summed E-state index contributed by atoms with van der Waals surface area (Å²) in [6, 6.07) is 0. The van der Waals surface area contributed by atoms with Crippen molar-refractivity contribution in [3.63, 3.8) is 0 Å². The Balaban J connectivity index is 2.27. The molecule has 0 spiro atoms. The highest BCUT2D eigenvalue weighted by Gasteiger charge is 2.21. The van der Waals surface area contributed by atoms with E-state index in [0.717, 1.165) is 0 Å². The number of ether oxygens (including phenoxy) is 1. The Morgan fingerprint density at radius 2 is 2.21 bits per heavy atom. The third-order valence-electron chi connectivity index (χ3n) is 2.39. The van der Waals surface area contributed by atoms with Gasteiger partial charge in [-0.05, 0) is 0 Å². The molecule has 100 valence electrons. The number of nitrogens with zero attached hydrogens (tertiary/aromatic N) is 3. The number of amides is 1. The van der Waals surface area contributed by atoms with Crippen molar-refractivity contribution in [2.45, 2.75) is 0 Å². The number of H-pyrrole nitrogens is 1. The van der Waals surface area contributed by atoms with Crippen LogP contribution in [0, 0.1) is 0 Å². The van der Waals surface area contributed by atoms with Gasteiger partial charge in [0.05, 0.1) is 30.2 Å². The predicted molar refractivity (Wildman–Crippen MR) is 66.1 cm³/mol. The number of halogens is 1. The van der Waals surface area contributed by atoms with Crippen molar-refractivity contribution in [3.8, 4) is 0 Å². The molecular formula is C10H10ClN5O3. The summed E-state index contributed by atoms with van der Waals surface area (Å²) >= 11 is 5.77. The van der Waals surface area contributed by atoms with Gasteiger partial charge in [0.25, 0.3) is 5.91 Å². The minimum atomic E-state index is -0.606. The van der Waals surface area contributed by atoms with Gasteiger partial charge in [-0.1, -0.05) is 11.6 Å². The lowest BCUT2D eigenvalue weighted by Crippen LogP contribution is -2.17. The fourth-order valence-corrected chi connectivity index (χ4v) is 1.66. The number of hydrogen-bond donors (Lipinski definition) is 2. The van der Waals surface area contributed by atoms with Gasteiger partial charge in [-0.2, -0.15) is 10.2 Å². The number of nitrogens with one attached hydrogen (secondary N) is 2. The minimum absolute atomic E-state index is 0.0985. The molecule has 0 bridgehead atoms. The highest BCUT2D eigenvalue weighted by molar-refractivity contribution is 6.34. The third kappa shape index (κ3) is 2.43. The van der Waals surface area contributed by atoms with Gasteiger partial charge in [-0.3, -0.25) is 14.6 Å². The van der Waals surface area contributed by atoms with Gasteiger partial charge in [0.1, 0.15) is 5.69 Å². The van der Waals surface area contributed by atoms with Gasteiger partial charge in [-0.15, -0.1) is 0 Å². The lowest BCUT2D eigenvalue weighted by Gasteiger charge is -2.05. The maximum atomic E-state index is 11.9. The van der Waals surface area contributed by atoms with Crippen LogP contribution in [-0.4, -0.2) is 39.0 Å². The molecule has 2 heterocycles. The van der Waals surface area contributed by atoms with Crippen molar-refractivity contribution in [1.82, 2.24) is 20.0 Å².